The first kappa shape index (κ1) is 27.6. The third-order valence-electron chi connectivity index (χ3n) is 4.95. The van der Waals surface area contributed by atoms with E-state index >= 15 is 0 Å². The van der Waals surface area contributed by atoms with Gasteiger partial charge < -0.3 is 21.1 Å². The summed E-state index contributed by atoms with van der Waals surface area (Å²) in [6.07, 6.45) is 3.47. The molecule has 0 amide bonds. The largest absolute Gasteiger partial charge is 0.481 e. The Morgan fingerprint density at radius 3 is 1.67 bits per heavy atom. The van der Waals surface area contributed by atoms with Crippen LogP contribution in [-0.2, 0) is 27.2 Å². The summed E-state index contributed by atoms with van der Waals surface area (Å²) in [5, 5.41) is 26.5. The van der Waals surface area contributed by atoms with Gasteiger partial charge >= 0.3 is 17.9 Å². The molecule has 0 spiro atoms. The predicted octanol–water partition coefficient (Wildman–Crippen LogP) is 3.83. The summed E-state index contributed by atoms with van der Waals surface area (Å²) in [5.74, 6) is -4.03. The van der Waals surface area contributed by atoms with Crippen molar-refractivity contribution in [3.05, 3.63) is 35.4 Å². The molecule has 0 aliphatic carbocycles. The van der Waals surface area contributed by atoms with Crippen LogP contribution in [0.5, 0.6) is 0 Å². The van der Waals surface area contributed by atoms with Crippen molar-refractivity contribution < 1.29 is 29.7 Å². The van der Waals surface area contributed by atoms with Crippen molar-refractivity contribution in [1.29, 1.82) is 0 Å². The summed E-state index contributed by atoms with van der Waals surface area (Å²) in [4.78, 5) is 32.3. The molecular formula is C23H37NO6. The van der Waals surface area contributed by atoms with Crippen LogP contribution in [0, 0.1) is 17.3 Å². The van der Waals surface area contributed by atoms with Crippen molar-refractivity contribution >= 4 is 17.9 Å². The maximum Gasteiger partial charge on any atom is 0.321 e. The normalized spacial score (nSPS) is 14.1. The van der Waals surface area contributed by atoms with Gasteiger partial charge in [0.05, 0.1) is 11.8 Å². The highest BCUT2D eigenvalue weighted by Gasteiger charge is 2.26. The molecule has 30 heavy (non-hydrogen) atoms. The van der Waals surface area contributed by atoms with E-state index in [4.69, 9.17) is 15.9 Å². The van der Waals surface area contributed by atoms with E-state index < -0.39 is 35.8 Å². The number of rotatable bonds is 10. The van der Waals surface area contributed by atoms with Crippen molar-refractivity contribution in [2.24, 2.45) is 23.0 Å². The van der Waals surface area contributed by atoms with Gasteiger partial charge in [-0.05, 0) is 42.2 Å². The number of aryl methyl sites for hydroxylation is 2. The zero-order chi connectivity index (χ0) is 23.5. The number of hydrogen-bond acceptors (Lipinski definition) is 4. The number of hydrogen-bond donors (Lipinski definition) is 4. The molecule has 1 rings (SSSR count). The number of carbonyl (C=O) groups is 3. The van der Waals surface area contributed by atoms with Gasteiger partial charge in [-0.15, -0.1) is 0 Å². The van der Waals surface area contributed by atoms with Crippen molar-refractivity contribution in [3.63, 3.8) is 0 Å². The second-order valence-electron chi connectivity index (χ2n) is 8.80. The van der Waals surface area contributed by atoms with E-state index in [0.29, 0.717) is 12.8 Å². The van der Waals surface area contributed by atoms with Crippen LogP contribution in [0.4, 0.5) is 0 Å². The van der Waals surface area contributed by atoms with Gasteiger partial charge in [0.15, 0.2) is 0 Å². The smallest absolute Gasteiger partial charge is 0.321 e. The average molecular weight is 424 g/mol. The van der Waals surface area contributed by atoms with E-state index in [1.807, 2.05) is 12.1 Å². The molecule has 0 aliphatic heterocycles. The molecular weight excluding hydrogens is 386 g/mol. The van der Waals surface area contributed by atoms with Crippen molar-refractivity contribution in [2.75, 3.05) is 0 Å². The zero-order valence-electron chi connectivity index (χ0n) is 18.7. The first-order chi connectivity index (χ1) is 13.8. The predicted molar refractivity (Wildman–Crippen MR) is 116 cm³/mol. The average Bonchev–Trinajstić information content (AvgIpc) is 2.65. The lowest BCUT2D eigenvalue weighted by Crippen LogP contribution is -2.41. The van der Waals surface area contributed by atoms with E-state index in [0.717, 1.165) is 18.4 Å². The zero-order valence-corrected chi connectivity index (χ0v) is 18.7. The lowest BCUT2D eigenvalue weighted by atomic mass is 9.88. The molecule has 1 aromatic carbocycles. The van der Waals surface area contributed by atoms with Gasteiger partial charge in [0.2, 0.25) is 0 Å². The first-order valence-electron chi connectivity index (χ1n) is 10.3. The molecule has 5 N–H and O–H groups in total. The van der Waals surface area contributed by atoms with E-state index in [9.17, 15) is 19.5 Å². The Hall–Kier alpha value is -2.41. The minimum atomic E-state index is -0.942. The molecule has 1 aromatic rings. The fourth-order valence-corrected chi connectivity index (χ4v) is 2.74. The Morgan fingerprint density at radius 1 is 0.900 bits per heavy atom. The summed E-state index contributed by atoms with van der Waals surface area (Å²) in [6.45, 7) is 9.08. The summed E-state index contributed by atoms with van der Waals surface area (Å²) in [6, 6.07) is 7.45. The SMILES string of the molecule is CC(C)(C)C(N)C(=O)O.CCCc1ccc(CC[C@@H](CC(C)C(=O)O)C(=O)O)cc1. The second-order valence-corrected chi connectivity index (χ2v) is 8.80. The van der Waals surface area contributed by atoms with Crippen LogP contribution in [0.1, 0.15) is 65.0 Å². The topological polar surface area (TPSA) is 138 Å². The van der Waals surface area contributed by atoms with Gasteiger partial charge in [-0.2, -0.15) is 0 Å². The molecule has 7 nitrogen and oxygen atoms in total. The molecule has 7 heteroatoms. The molecule has 0 heterocycles. The highest BCUT2D eigenvalue weighted by atomic mass is 16.4. The molecule has 0 bridgehead atoms. The second kappa shape index (κ2) is 13.0. The van der Waals surface area contributed by atoms with Crippen molar-refractivity contribution in [3.8, 4) is 0 Å². The minimum absolute atomic E-state index is 0.179. The van der Waals surface area contributed by atoms with Crippen LogP contribution in [0.25, 0.3) is 0 Å². The highest BCUT2D eigenvalue weighted by Crippen LogP contribution is 2.20. The molecule has 0 aliphatic rings. The molecule has 0 radical (unpaired) electrons. The van der Waals surface area contributed by atoms with Gasteiger partial charge in [0, 0.05) is 0 Å². The summed E-state index contributed by atoms with van der Waals surface area (Å²) in [5.41, 5.74) is 7.34. The molecule has 0 fully saturated rings. The van der Waals surface area contributed by atoms with E-state index in [2.05, 4.69) is 19.1 Å². The van der Waals surface area contributed by atoms with Gasteiger partial charge in [0.1, 0.15) is 6.04 Å². The standard InChI is InChI=1S/C17H24O4.C6H13NO2/c1-3-4-13-5-7-14(8-6-13)9-10-15(17(20)21)11-12(2)16(18)19;1-6(2,3)4(7)5(8)9/h5-8,12,15H,3-4,9-11H2,1-2H3,(H,18,19)(H,20,21);4H,7H2,1-3H3,(H,8,9)/t12?,15-;/m0./s1. The lowest BCUT2D eigenvalue weighted by Gasteiger charge is -2.22. The van der Waals surface area contributed by atoms with Crippen LogP contribution < -0.4 is 5.73 Å². The van der Waals surface area contributed by atoms with Crippen molar-refractivity contribution in [1.82, 2.24) is 0 Å². The van der Waals surface area contributed by atoms with Crippen LogP contribution in [0.2, 0.25) is 0 Å². The van der Waals surface area contributed by atoms with E-state index in [1.54, 1.807) is 27.7 Å². The van der Waals surface area contributed by atoms with Crippen LogP contribution in [0.15, 0.2) is 24.3 Å². The summed E-state index contributed by atoms with van der Waals surface area (Å²) >= 11 is 0. The van der Waals surface area contributed by atoms with Crippen LogP contribution in [-0.4, -0.2) is 39.3 Å². The van der Waals surface area contributed by atoms with Crippen molar-refractivity contribution in [2.45, 2.75) is 72.8 Å². The minimum Gasteiger partial charge on any atom is -0.481 e. The number of carboxylic acid groups (broad SMARTS) is 3. The van der Waals surface area contributed by atoms with Gasteiger partial charge in [-0.3, -0.25) is 14.4 Å². The number of nitrogens with two attached hydrogens (primary N) is 1. The molecule has 3 atom stereocenters. The Morgan fingerprint density at radius 2 is 1.37 bits per heavy atom. The lowest BCUT2D eigenvalue weighted by molar-refractivity contribution is -0.145. The number of aliphatic carboxylic acids is 3. The fourth-order valence-electron chi connectivity index (χ4n) is 2.74. The van der Waals surface area contributed by atoms with E-state index in [-0.39, 0.29) is 11.8 Å². The quantitative estimate of drug-likeness (QED) is 0.448. The Balaban J connectivity index is 0.000000787. The maximum atomic E-state index is 11.2. The highest BCUT2D eigenvalue weighted by molar-refractivity contribution is 5.74. The number of benzene rings is 1. The van der Waals surface area contributed by atoms with Gasteiger partial charge in [-0.25, -0.2) is 0 Å². The number of carboxylic acids is 3. The van der Waals surface area contributed by atoms with Gasteiger partial charge in [0.25, 0.3) is 0 Å². The molecule has 0 aromatic heterocycles. The first-order valence-corrected chi connectivity index (χ1v) is 10.3. The third kappa shape index (κ3) is 11.0. The summed E-state index contributed by atoms with van der Waals surface area (Å²) < 4.78 is 0. The monoisotopic (exact) mass is 423 g/mol. The molecule has 0 saturated heterocycles. The third-order valence-corrected chi connectivity index (χ3v) is 4.95. The molecule has 170 valence electrons. The summed E-state index contributed by atoms with van der Waals surface area (Å²) in [7, 11) is 0. The van der Waals surface area contributed by atoms with Crippen LogP contribution >= 0.6 is 0 Å². The maximum absolute atomic E-state index is 11.2. The van der Waals surface area contributed by atoms with E-state index in [1.165, 1.54) is 5.56 Å². The van der Waals surface area contributed by atoms with Crippen LogP contribution in [0.3, 0.4) is 0 Å². The molecule has 0 saturated carbocycles. The Kier molecular flexibility index (Phi) is 12.0. The molecule has 2 unspecified atom stereocenters. The Bertz CT molecular complexity index is 678. The fraction of sp³-hybridized carbons (Fsp3) is 0.609. The van der Waals surface area contributed by atoms with Gasteiger partial charge in [-0.1, -0.05) is 65.3 Å². The Labute approximate surface area is 179 Å².